The third-order valence-corrected chi connectivity index (χ3v) is 3.31. The van der Waals surface area contributed by atoms with Crippen molar-refractivity contribution in [1.29, 1.82) is 0 Å². The molecule has 2 aromatic rings. The average molecular weight is 265 g/mol. The van der Waals surface area contributed by atoms with Gasteiger partial charge < -0.3 is 0 Å². The fourth-order valence-corrected chi connectivity index (χ4v) is 2.41. The molecular weight excluding hydrogens is 256 g/mol. The van der Waals surface area contributed by atoms with Gasteiger partial charge in [-0.05, 0) is 31.4 Å². The fraction of sp³-hybridized carbons (Fsp3) is 0.273. The highest BCUT2D eigenvalue weighted by Crippen LogP contribution is 2.18. The molecule has 2 aromatic heterocycles. The third-order valence-electron chi connectivity index (χ3n) is 2.81. The Labute approximate surface area is 94.9 Å². The molecule has 0 N–H and O–H groups in total. The highest BCUT2D eigenvalue weighted by Gasteiger charge is 2.17. The summed E-state index contributed by atoms with van der Waals surface area (Å²) in [4.78, 5) is 16.5. The van der Waals surface area contributed by atoms with Gasteiger partial charge in [0.1, 0.15) is 5.65 Å². The van der Waals surface area contributed by atoms with E-state index in [1.54, 1.807) is 10.6 Å². The predicted molar refractivity (Wildman–Crippen MR) is 61.2 cm³/mol. The Balaban J connectivity index is 2.46. The molecule has 0 atom stereocenters. The van der Waals surface area contributed by atoms with Crippen molar-refractivity contribution in [2.45, 2.75) is 19.3 Å². The molecule has 0 unspecified atom stereocenters. The second kappa shape index (κ2) is 3.17. The van der Waals surface area contributed by atoms with Crippen LogP contribution in [0.25, 0.3) is 5.65 Å². The van der Waals surface area contributed by atoms with Crippen LogP contribution in [0.15, 0.2) is 27.6 Å². The molecule has 0 radical (unpaired) electrons. The van der Waals surface area contributed by atoms with E-state index in [0.717, 1.165) is 40.6 Å². The number of halogens is 1. The summed E-state index contributed by atoms with van der Waals surface area (Å²) >= 11 is 3.38. The van der Waals surface area contributed by atoms with Gasteiger partial charge in [0.2, 0.25) is 0 Å². The molecule has 1 aliphatic carbocycles. The van der Waals surface area contributed by atoms with Crippen molar-refractivity contribution in [2.24, 2.45) is 0 Å². The first-order valence-electron chi connectivity index (χ1n) is 4.95. The lowest BCUT2D eigenvalue weighted by molar-refractivity contribution is 0.899. The Morgan fingerprint density at radius 3 is 3.13 bits per heavy atom. The van der Waals surface area contributed by atoms with Crippen molar-refractivity contribution >= 4 is 21.6 Å². The lowest BCUT2D eigenvalue weighted by Gasteiger charge is -2.03. The second-order valence-electron chi connectivity index (χ2n) is 3.77. The van der Waals surface area contributed by atoms with Crippen LogP contribution in [0.4, 0.5) is 0 Å². The summed E-state index contributed by atoms with van der Waals surface area (Å²) in [6.07, 6.45) is 4.64. The molecule has 2 heterocycles. The molecule has 4 heteroatoms. The maximum atomic E-state index is 12.0. The summed E-state index contributed by atoms with van der Waals surface area (Å²) < 4.78 is 2.57. The van der Waals surface area contributed by atoms with E-state index in [2.05, 4.69) is 20.9 Å². The Morgan fingerprint density at radius 2 is 2.27 bits per heavy atom. The number of aromatic nitrogens is 2. The monoisotopic (exact) mass is 264 g/mol. The second-order valence-corrected chi connectivity index (χ2v) is 4.68. The standard InChI is InChI=1S/C11H9BrN2O/c12-7-4-5-14-10(6-7)13-9-3-1-2-8(9)11(14)15/h4-6H,1-3H2. The van der Waals surface area contributed by atoms with E-state index in [0.29, 0.717) is 0 Å². The van der Waals surface area contributed by atoms with Crippen molar-refractivity contribution in [3.63, 3.8) is 0 Å². The third kappa shape index (κ3) is 1.32. The van der Waals surface area contributed by atoms with E-state index in [-0.39, 0.29) is 5.56 Å². The fourth-order valence-electron chi connectivity index (χ4n) is 2.09. The number of hydrogen-bond acceptors (Lipinski definition) is 2. The van der Waals surface area contributed by atoms with Gasteiger partial charge in [-0.25, -0.2) is 4.98 Å². The first kappa shape index (κ1) is 9.09. The molecule has 0 aliphatic heterocycles. The molecule has 1 aliphatic rings. The first-order chi connectivity index (χ1) is 7.25. The van der Waals surface area contributed by atoms with Crippen molar-refractivity contribution in [3.05, 3.63) is 44.4 Å². The zero-order chi connectivity index (χ0) is 10.4. The SMILES string of the molecule is O=c1c2c(nc3cc(Br)ccn13)CCC2. The number of hydrogen-bond donors (Lipinski definition) is 0. The molecule has 3 rings (SSSR count). The number of pyridine rings is 1. The summed E-state index contributed by atoms with van der Waals surface area (Å²) in [6, 6.07) is 3.73. The minimum absolute atomic E-state index is 0.0972. The van der Waals surface area contributed by atoms with E-state index in [1.807, 2.05) is 12.1 Å². The van der Waals surface area contributed by atoms with Gasteiger partial charge >= 0.3 is 0 Å². The zero-order valence-electron chi connectivity index (χ0n) is 8.03. The molecule has 0 amide bonds. The van der Waals surface area contributed by atoms with Crippen LogP contribution in [0.3, 0.4) is 0 Å². The summed E-state index contributed by atoms with van der Waals surface area (Å²) in [5.41, 5.74) is 2.71. The van der Waals surface area contributed by atoms with Crippen LogP contribution in [-0.4, -0.2) is 9.38 Å². The number of fused-ring (bicyclic) bond motifs is 2. The van der Waals surface area contributed by atoms with Crippen LogP contribution in [0, 0.1) is 0 Å². The lowest BCUT2D eigenvalue weighted by Crippen LogP contribution is -2.19. The minimum atomic E-state index is 0.0972. The maximum absolute atomic E-state index is 12.0. The van der Waals surface area contributed by atoms with Crippen molar-refractivity contribution in [3.8, 4) is 0 Å². The molecule has 0 bridgehead atoms. The predicted octanol–water partition coefficient (Wildman–Crippen LogP) is 1.95. The minimum Gasteiger partial charge on any atom is -0.269 e. The molecule has 0 saturated carbocycles. The molecule has 0 spiro atoms. The lowest BCUT2D eigenvalue weighted by atomic mass is 10.2. The van der Waals surface area contributed by atoms with E-state index >= 15 is 0 Å². The molecule has 0 fully saturated rings. The molecule has 0 saturated heterocycles. The number of nitrogens with zero attached hydrogens (tertiary/aromatic N) is 2. The van der Waals surface area contributed by atoms with Gasteiger partial charge in [-0.15, -0.1) is 0 Å². The number of rotatable bonds is 0. The molecule has 3 nitrogen and oxygen atoms in total. The number of aryl methyl sites for hydroxylation is 1. The summed E-state index contributed by atoms with van der Waals surface area (Å²) in [5.74, 6) is 0. The molecular formula is C11H9BrN2O. The van der Waals surface area contributed by atoms with E-state index in [1.165, 1.54) is 0 Å². The molecule has 0 aromatic carbocycles. The van der Waals surface area contributed by atoms with Gasteiger partial charge in [-0.2, -0.15) is 0 Å². The summed E-state index contributed by atoms with van der Waals surface area (Å²) in [5, 5.41) is 0. The summed E-state index contributed by atoms with van der Waals surface area (Å²) in [7, 11) is 0. The van der Waals surface area contributed by atoms with Crippen LogP contribution in [0.1, 0.15) is 17.7 Å². The summed E-state index contributed by atoms with van der Waals surface area (Å²) in [6.45, 7) is 0. The Hall–Kier alpha value is -1.16. The first-order valence-corrected chi connectivity index (χ1v) is 5.75. The van der Waals surface area contributed by atoms with Gasteiger partial charge in [0.15, 0.2) is 0 Å². The van der Waals surface area contributed by atoms with Gasteiger partial charge in [0.25, 0.3) is 5.56 Å². The smallest absolute Gasteiger partial charge is 0.261 e. The van der Waals surface area contributed by atoms with Crippen LogP contribution < -0.4 is 5.56 Å². The van der Waals surface area contributed by atoms with Gasteiger partial charge in [0, 0.05) is 16.2 Å². The maximum Gasteiger partial charge on any atom is 0.261 e. The zero-order valence-corrected chi connectivity index (χ0v) is 9.62. The van der Waals surface area contributed by atoms with E-state index in [9.17, 15) is 4.79 Å². The van der Waals surface area contributed by atoms with Gasteiger partial charge in [-0.1, -0.05) is 15.9 Å². The van der Waals surface area contributed by atoms with E-state index in [4.69, 9.17) is 0 Å². The van der Waals surface area contributed by atoms with Gasteiger partial charge in [-0.3, -0.25) is 9.20 Å². The van der Waals surface area contributed by atoms with Crippen LogP contribution in [0.2, 0.25) is 0 Å². The highest BCUT2D eigenvalue weighted by molar-refractivity contribution is 9.10. The Morgan fingerprint density at radius 1 is 1.40 bits per heavy atom. The largest absolute Gasteiger partial charge is 0.269 e. The van der Waals surface area contributed by atoms with Gasteiger partial charge in [0.05, 0.1) is 5.69 Å². The van der Waals surface area contributed by atoms with Crippen LogP contribution in [-0.2, 0) is 12.8 Å². The normalized spacial score (nSPS) is 14.5. The average Bonchev–Trinajstić information content (AvgIpc) is 2.65. The van der Waals surface area contributed by atoms with Crippen LogP contribution in [0.5, 0.6) is 0 Å². The van der Waals surface area contributed by atoms with Crippen molar-refractivity contribution < 1.29 is 0 Å². The molecule has 15 heavy (non-hydrogen) atoms. The van der Waals surface area contributed by atoms with E-state index < -0.39 is 0 Å². The Kier molecular flexibility index (Phi) is 1.92. The van der Waals surface area contributed by atoms with Crippen LogP contribution >= 0.6 is 15.9 Å². The molecule has 76 valence electrons. The quantitative estimate of drug-likeness (QED) is 0.729. The highest BCUT2D eigenvalue weighted by atomic mass is 79.9. The topological polar surface area (TPSA) is 34.4 Å². The Bertz CT molecular complexity index is 603. The van der Waals surface area contributed by atoms with Crippen molar-refractivity contribution in [1.82, 2.24) is 9.38 Å². The van der Waals surface area contributed by atoms with Crippen molar-refractivity contribution in [2.75, 3.05) is 0 Å².